The van der Waals surface area contributed by atoms with Crippen LogP contribution >= 0.6 is 0 Å². The third kappa shape index (κ3) is 3.16. The van der Waals surface area contributed by atoms with Crippen molar-refractivity contribution in [2.24, 2.45) is 11.7 Å². The summed E-state index contributed by atoms with van der Waals surface area (Å²) < 4.78 is 0. The number of aryl methyl sites for hydroxylation is 1. The molecule has 104 valence electrons. The number of benzene rings is 1. The van der Waals surface area contributed by atoms with E-state index in [1.54, 1.807) is 0 Å². The van der Waals surface area contributed by atoms with Crippen molar-refractivity contribution >= 4 is 5.91 Å². The number of nitrogens with two attached hydrogens (primary N) is 1. The van der Waals surface area contributed by atoms with Gasteiger partial charge in [-0.2, -0.15) is 0 Å². The van der Waals surface area contributed by atoms with Crippen LogP contribution in [-0.2, 0) is 6.42 Å². The van der Waals surface area contributed by atoms with Crippen LogP contribution in [0.15, 0.2) is 24.3 Å². The molecule has 0 radical (unpaired) electrons. The van der Waals surface area contributed by atoms with Crippen molar-refractivity contribution in [1.29, 1.82) is 0 Å². The first-order valence-electron chi connectivity index (χ1n) is 7.26. The van der Waals surface area contributed by atoms with Gasteiger partial charge in [0.25, 0.3) is 5.91 Å². The van der Waals surface area contributed by atoms with Crippen LogP contribution < -0.4 is 5.73 Å². The maximum absolute atomic E-state index is 12.6. The quantitative estimate of drug-likeness (QED) is 0.907. The molecule has 1 fully saturated rings. The molecule has 1 aromatic rings. The van der Waals surface area contributed by atoms with E-state index in [9.17, 15) is 4.79 Å². The van der Waals surface area contributed by atoms with Crippen LogP contribution in [0.4, 0.5) is 0 Å². The van der Waals surface area contributed by atoms with Crippen molar-refractivity contribution in [1.82, 2.24) is 4.90 Å². The second kappa shape index (κ2) is 6.20. The molecule has 3 heteroatoms. The minimum atomic E-state index is 0.181. The normalized spacial score (nSPS) is 18.4. The van der Waals surface area contributed by atoms with Crippen LogP contribution in [0.1, 0.15) is 42.6 Å². The first-order valence-corrected chi connectivity index (χ1v) is 7.26. The van der Waals surface area contributed by atoms with Gasteiger partial charge in [0.15, 0.2) is 0 Å². The van der Waals surface area contributed by atoms with E-state index in [2.05, 4.69) is 13.8 Å². The highest BCUT2D eigenvalue weighted by Gasteiger charge is 2.26. The topological polar surface area (TPSA) is 46.3 Å². The Morgan fingerprint density at radius 3 is 2.58 bits per heavy atom. The highest BCUT2D eigenvalue weighted by atomic mass is 16.2. The number of rotatable bonds is 3. The zero-order valence-corrected chi connectivity index (χ0v) is 11.9. The summed E-state index contributed by atoms with van der Waals surface area (Å²) in [7, 11) is 0. The van der Waals surface area contributed by atoms with Gasteiger partial charge >= 0.3 is 0 Å². The predicted molar refractivity (Wildman–Crippen MR) is 78.1 cm³/mol. The molecule has 1 heterocycles. The van der Waals surface area contributed by atoms with E-state index in [-0.39, 0.29) is 11.9 Å². The minimum Gasteiger partial charge on any atom is -0.339 e. The Labute approximate surface area is 115 Å². The van der Waals surface area contributed by atoms with Crippen LogP contribution in [0, 0.1) is 5.92 Å². The zero-order chi connectivity index (χ0) is 13.8. The van der Waals surface area contributed by atoms with E-state index in [1.165, 1.54) is 0 Å². The Balaban J connectivity index is 2.05. The fraction of sp³-hybridized carbons (Fsp3) is 0.562. The van der Waals surface area contributed by atoms with Crippen LogP contribution in [0.2, 0.25) is 0 Å². The largest absolute Gasteiger partial charge is 0.339 e. The average Bonchev–Trinajstić information content (AvgIpc) is 2.46. The average molecular weight is 260 g/mol. The summed E-state index contributed by atoms with van der Waals surface area (Å²) in [4.78, 5) is 14.5. The van der Waals surface area contributed by atoms with Gasteiger partial charge in [-0.05, 0) is 43.7 Å². The van der Waals surface area contributed by atoms with Crippen LogP contribution in [-0.4, -0.2) is 29.9 Å². The van der Waals surface area contributed by atoms with Gasteiger partial charge in [-0.3, -0.25) is 4.79 Å². The number of piperidine rings is 1. The molecule has 1 unspecified atom stereocenters. The maximum atomic E-state index is 12.6. The SMILES string of the molecule is CCc1ccccc1C(=O)N1CCC(C(C)N)CC1. The Kier molecular flexibility index (Phi) is 4.59. The molecule has 19 heavy (non-hydrogen) atoms. The number of carbonyl (C=O) groups excluding carboxylic acids is 1. The van der Waals surface area contributed by atoms with E-state index in [1.807, 2.05) is 29.2 Å². The number of hydrogen-bond donors (Lipinski definition) is 1. The predicted octanol–water partition coefficient (Wildman–Crippen LogP) is 2.45. The van der Waals surface area contributed by atoms with Gasteiger partial charge in [0, 0.05) is 24.7 Å². The van der Waals surface area contributed by atoms with Crippen molar-refractivity contribution in [3.05, 3.63) is 35.4 Å². The first kappa shape index (κ1) is 14.1. The Hall–Kier alpha value is -1.35. The second-order valence-electron chi connectivity index (χ2n) is 5.50. The second-order valence-corrected chi connectivity index (χ2v) is 5.50. The number of nitrogens with zero attached hydrogens (tertiary/aromatic N) is 1. The van der Waals surface area contributed by atoms with Gasteiger partial charge in [-0.25, -0.2) is 0 Å². The Morgan fingerprint density at radius 2 is 2.00 bits per heavy atom. The van der Waals surface area contributed by atoms with Crippen LogP contribution in [0.3, 0.4) is 0 Å². The van der Waals surface area contributed by atoms with E-state index in [0.717, 1.165) is 43.5 Å². The van der Waals surface area contributed by atoms with Gasteiger partial charge in [-0.15, -0.1) is 0 Å². The Morgan fingerprint density at radius 1 is 1.37 bits per heavy atom. The van der Waals surface area contributed by atoms with Crippen molar-refractivity contribution in [2.45, 2.75) is 39.2 Å². The lowest BCUT2D eigenvalue weighted by Crippen LogP contribution is -2.42. The molecule has 1 aliphatic heterocycles. The molecular weight excluding hydrogens is 236 g/mol. The highest BCUT2D eigenvalue weighted by molar-refractivity contribution is 5.95. The molecule has 1 amide bonds. The number of hydrogen-bond acceptors (Lipinski definition) is 2. The molecule has 1 aromatic carbocycles. The van der Waals surface area contributed by atoms with E-state index < -0.39 is 0 Å². The summed E-state index contributed by atoms with van der Waals surface area (Å²) in [6, 6.07) is 8.17. The molecule has 0 saturated carbocycles. The molecule has 0 aliphatic carbocycles. The summed E-state index contributed by atoms with van der Waals surface area (Å²) in [5.41, 5.74) is 7.95. The third-order valence-electron chi connectivity index (χ3n) is 4.20. The van der Waals surface area contributed by atoms with Crippen molar-refractivity contribution in [3.63, 3.8) is 0 Å². The molecule has 1 saturated heterocycles. The number of carbonyl (C=O) groups is 1. The lowest BCUT2D eigenvalue weighted by atomic mass is 9.90. The van der Waals surface area contributed by atoms with Gasteiger partial charge in [0.1, 0.15) is 0 Å². The van der Waals surface area contributed by atoms with Crippen molar-refractivity contribution in [3.8, 4) is 0 Å². The molecule has 2 rings (SSSR count). The molecular formula is C16H24N2O. The summed E-state index contributed by atoms with van der Waals surface area (Å²) in [6.45, 7) is 5.83. The molecule has 0 aromatic heterocycles. The summed E-state index contributed by atoms with van der Waals surface area (Å²) in [5, 5.41) is 0. The zero-order valence-electron chi connectivity index (χ0n) is 11.9. The smallest absolute Gasteiger partial charge is 0.254 e. The summed E-state index contributed by atoms with van der Waals surface area (Å²) >= 11 is 0. The summed E-state index contributed by atoms with van der Waals surface area (Å²) in [5.74, 6) is 0.742. The first-order chi connectivity index (χ1) is 9.13. The third-order valence-corrected chi connectivity index (χ3v) is 4.20. The standard InChI is InChI=1S/C16H24N2O/c1-3-13-6-4-5-7-15(13)16(19)18-10-8-14(9-11-18)12(2)17/h4-7,12,14H,3,8-11,17H2,1-2H3. The molecule has 0 bridgehead atoms. The van der Waals surface area contributed by atoms with Gasteiger partial charge in [-0.1, -0.05) is 25.1 Å². The van der Waals surface area contributed by atoms with Crippen LogP contribution in [0.25, 0.3) is 0 Å². The van der Waals surface area contributed by atoms with Crippen LogP contribution in [0.5, 0.6) is 0 Å². The molecule has 1 aliphatic rings. The molecule has 2 N–H and O–H groups in total. The van der Waals surface area contributed by atoms with Gasteiger partial charge in [0.05, 0.1) is 0 Å². The summed E-state index contributed by atoms with van der Waals surface area (Å²) in [6.07, 6.45) is 2.95. The lowest BCUT2D eigenvalue weighted by Gasteiger charge is -2.34. The van der Waals surface area contributed by atoms with E-state index >= 15 is 0 Å². The monoisotopic (exact) mass is 260 g/mol. The fourth-order valence-electron chi connectivity index (χ4n) is 2.84. The Bertz CT molecular complexity index is 434. The number of likely N-dealkylation sites (tertiary alicyclic amines) is 1. The van der Waals surface area contributed by atoms with E-state index in [4.69, 9.17) is 5.73 Å². The highest BCUT2D eigenvalue weighted by Crippen LogP contribution is 2.22. The lowest BCUT2D eigenvalue weighted by molar-refractivity contribution is 0.0680. The molecule has 0 spiro atoms. The van der Waals surface area contributed by atoms with Gasteiger partial charge < -0.3 is 10.6 Å². The van der Waals surface area contributed by atoms with Gasteiger partial charge in [0.2, 0.25) is 0 Å². The van der Waals surface area contributed by atoms with Crippen molar-refractivity contribution < 1.29 is 4.79 Å². The molecule has 3 nitrogen and oxygen atoms in total. The van der Waals surface area contributed by atoms with E-state index in [0.29, 0.717) is 5.92 Å². The molecule has 1 atom stereocenters. The minimum absolute atomic E-state index is 0.181. The number of amides is 1. The maximum Gasteiger partial charge on any atom is 0.254 e. The van der Waals surface area contributed by atoms with Crippen molar-refractivity contribution in [2.75, 3.05) is 13.1 Å². The fourth-order valence-corrected chi connectivity index (χ4v) is 2.84.